The summed E-state index contributed by atoms with van der Waals surface area (Å²) < 4.78 is 36.8. The largest absolute Gasteiger partial charge is 0.416 e. The van der Waals surface area contributed by atoms with Gasteiger partial charge in [-0.1, -0.05) is 12.1 Å². The highest BCUT2D eigenvalue weighted by Gasteiger charge is 2.31. The van der Waals surface area contributed by atoms with E-state index in [1.54, 1.807) is 4.90 Å². The zero-order valence-electron chi connectivity index (χ0n) is 8.37. The Morgan fingerprint density at radius 3 is 2.19 bits per heavy atom. The minimum Gasteiger partial charge on any atom is -0.344 e. The molecule has 1 fully saturated rings. The van der Waals surface area contributed by atoms with Gasteiger partial charge < -0.3 is 4.90 Å². The third-order valence-electron chi connectivity index (χ3n) is 2.77. The average molecular weight is 229 g/mol. The number of benzene rings is 1. The maximum absolute atomic E-state index is 12.3. The molecule has 1 saturated heterocycles. The molecule has 0 unspecified atom stereocenters. The van der Waals surface area contributed by atoms with Crippen LogP contribution < -0.4 is 0 Å². The Morgan fingerprint density at radius 1 is 1.19 bits per heavy atom. The summed E-state index contributed by atoms with van der Waals surface area (Å²) in [4.78, 5) is 11.9. The van der Waals surface area contributed by atoms with E-state index in [4.69, 9.17) is 0 Å². The fourth-order valence-electron chi connectivity index (χ4n) is 1.75. The van der Waals surface area contributed by atoms with Gasteiger partial charge in [-0.05, 0) is 17.7 Å². The van der Waals surface area contributed by atoms with Crippen molar-refractivity contribution in [2.24, 2.45) is 0 Å². The van der Waals surface area contributed by atoms with Gasteiger partial charge in [0.1, 0.15) is 0 Å². The zero-order valence-corrected chi connectivity index (χ0v) is 8.37. The second-order valence-corrected chi connectivity index (χ2v) is 3.88. The molecular formula is C11H10F3NO. The van der Waals surface area contributed by atoms with Crippen LogP contribution in [0.1, 0.15) is 17.0 Å². The normalized spacial score (nSPS) is 17.1. The number of halogens is 3. The molecule has 2 nitrogen and oxygen atoms in total. The Labute approximate surface area is 90.7 Å². The molecule has 2 rings (SSSR count). The van der Waals surface area contributed by atoms with E-state index in [0.717, 1.165) is 24.1 Å². The monoisotopic (exact) mass is 229 g/mol. The molecule has 86 valence electrons. The number of alkyl halides is 3. The summed E-state index contributed by atoms with van der Waals surface area (Å²) in [6, 6.07) is 5.13. The van der Waals surface area contributed by atoms with Gasteiger partial charge in [0.15, 0.2) is 0 Å². The van der Waals surface area contributed by atoms with Crippen molar-refractivity contribution in [1.82, 2.24) is 4.90 Å². The van der Waals surface area contributed by atoms with E-state index in [2.05, 4.69) is 0 Å². The molecule has 1 aromatic rings. The van der Waals surface area contributed by atoms with E-state index >= 15 is 0 Å². The molecule has 1 aliphatic rings. The summed E-state index contributed by atoms with van der Waals surface area (Å²) in [5.74, 6) is 0.174. The molecular weight excluding hydrogens is 219 g/mol. The molecule has 0 atom stereocenters. The minimum absolute atomic E-state index is 0.174. The van der Waals surface area contributed by atoms with Crippen molar-refractivity contribution in [3.63, 3.8) is 0 Å². The maximum Gasteiger partial charge on any atom is 0.416 e. The van der Waals surface area contributed by atoms with Crippen LogP contribution in [0.25, 0.3) is 0 Å². The molecule has 1 aromatic carbocycles. The van der Waals surface area contributed by atoms with Gasteiger partial charge in [-0.3, -0.25) is 4.79 Å². The lowest BCUT2D eigenvalue weighted by molar-refractivity contribution is -0.137. The van der Waals surface area contributed by atoms with Crippen LogP contribution in [-0.4, -0.2) is 24.4 Å². The average Bonchev–Trinajstić information content (AvgIpc) is 2.15. The van der Waals surface area contributed by atoms with Crippen molar-refractivity contribution < 1.29 is 18.0 Å². The standard InChI is InChI=1S/C11H10F3NO/c12-11(13,14)10-3-1-8(2-4-10)9-5-15(6-9)7-16/h1-4,7,9H,5-6H2. The first kappa shape index (κ1) is 11.0. The molecule has 0 spiro atoms. The lowest BCUT2D eigenvalue weighted by Gasteiger charge is -2.36. The number of likely N-dealkylation sites (tertiary alicyclic amines) is 1. The molecule has 0 aliphatic carbocycles. The van der Waals surface area contributed by atoms with Gasteiger partial charge in [0, 0.05) is 19.0 Å². The predicted molar refractivity (Wildman–Crippen MR) is 51.8 cm³/mol. The van der Waals surface area contributed by atoms with Gasteiger partial charge >= 0.3 is 6.18 Å². The molecule has 16 heavy (non-hydrogen) atoms. The summed E-state index contributed by atoms with van der Waals surface area (Å²) in [5, 5.41) is 0. The predicted octanol–water partition coefficient (Wildman–Crippen LogP) is 2.26. The summed E-state index contributed by atoms with van der Waals surface area (Å²) >= 11 is 0. The van der Waals surface area contributed by atoms with Crippen molar-refractivity contribution in [2.75, 3.05) is 13.1 Å². The van der Waals surface area contributed by atoms with Gasteiger partial charge in [-0.15, -0.1) is 0 Å². The van der Waals surface area contributed by atoms with Gasteiger partial charge in [0.25, 0.3) is 0 Å². The SMILES string of the molecule is O=CN1CC(c2ccc(C(F)(F)F)cc2)C1. The quantitative estimate of drug-likeness (QED) is 0.712. The minimum atomic E-state index is -4.28. The van der Waals surface area contributed by atoms with Gasteiger partial charge in [0.05, 0.1) is 5.56 Å². The van der Waals surface area contributed by atoms with Crippen LogP contribution in [0.2, 0.25) is 0 Å². The number of amides is 1. The highest BCUT2D eigenvalue weighted by molar-refractivity contribution is 5.50. The second kappa shape index (κ2) is 3.81. The van der Waals surface area contributed by atoms with Gasteiger partial charge in [-0.2, -0.15) is 13.2 Å². The summed E-state index contributed by atoms with van der Waals surface area (Å²) in [6.45, 7) is 1.18. The first-order valence-electron chi connectivity index (χ1n) is 4.87. The summed E-state index contributed by atoms with van der Waals surface area (Å²) in [5.41, 5.74) is 0.217. The fraction of sp³-hybridized carbons (Fsp3) is 0.364. The number of hydrogen-bond acceptors (Lipinski definition) is 1. The molecule has 1 amide bonds. The highest BCUT2D eigenvalue weighted by atomic mass is 19.4. The number of carbonyl (C=O) groups is 1. The molecule has 5 heteroatoms. The van der Waals surface area contributed by atoms with E-state index in [1.807, 2.05) is 0 Å². The summed E-state index contributed by atoms with van der Waals surface area (Å²) in [7, 11) is 0. The Hall–Kier alpha value is -1.52. The second-order valence-electron chi connectivity index (χ2n) is 3.88. The molecule has 1 heterocycles. The molecule has 0 aromatic heterocycles. The lowest BCUT2D eigenvalue weighted by Crippen LogP contribution is -2.43. The van der Waals surface area contributed by atoms with E-state index in [9.17, 15) is 18.0 Å². The van der Waals surface area contributed by atoms with Crippen LogP contribution in [0.5, 0.6) is 0 Å². The lowest BCUT2D eigenvalue weighted by atomic mass is 9.91. The van der Waals surface area contributed by atoms with Gasteiger partial charge in [0.2, 0.25) is 6.41 Å². The Morgan fingerprint density at radius 2 is 1.75 bits per heavy atom. The van der Waals surface area contributed by atoms with Crippen molar-refractivity contribution in [2.45, 2.75) is 12.1 Å². The molecule has 0 bridgehead atoms. The summed E-state index contributed by atoms with van der Waals surface area (Å²) in [6.07, 6.45) is -3.53. The van der Waals surface area contributed by atoms with Crippen molar-refractivity contribution in [3.05, 3.63) is 35.4 Å². The molecule has 0 saturated carbocycles. The third-order valence-corrected chi connectivity index (χ3v) is 2.77. The first-order chi connectivity index (χ1) is 7.50. The molecule has 0 radical (unpaired) electrons. The number of hydrogen-bond donors (Lipinski definition) is 0. The zero-order chi connectivity index (χ0) is 11.8. The van der Waals surface area contributed by atoms with E-state index in [-0.39, 0.29) is 5.92 Å². The highest BCUT2D eigenvalue weighted by Crippen LogP contribution is 2.31. The van der Waals surface area contributed by atoms with E-state index in [1.165, 1.54) is 12.1 Å². The van der Waals surface area contributed by atoms with Crippen molar-refractivity contribution in [3.8, 4) is 0 Å². The first-order valence-corrected chi connectivity index (χ1v) is 4.87. The van der Waals surface area contributed by atoms with Crippen LogP contribution in [0, 0.1) is 0 Å². The van der Waals surface area contributed by atoms with Crippen LogP contribution >= 0.6 is 0 Å². The van der Waals surface area contributed by atoms with E-state index < -0.39 is 11.7 Å². The Kier molecular flexibility index (Phi) is 2.61. The Balaban J connectivity index is 2.06. The smallest absolute Gasteiger partial charge is 0.344 e. The molecule has 0 N–H and O–H groups in total. The van der Waals surface area contributed by atoms with Crippen LogP contribution in [0.15, 0.2) is 24.3 Å². The molecule has 1 aliphatic heterocycles. The van der Waals surface area contributed by atoms with Gasteiger partial charge in [-0.25, -0.2) is 0 Å². The third kappa shape index (κ3) is 2.03. The van der Waals surface area contributed by atoms with Crippen LogP contribution in [0.4, 0.5) is 13.2 Å². The van der Waals surface area contributed by atoms with E-state index in [0.29, 0.717) is 13.1 Å². The number of nitrogens with zero attached hydrogens (tertiary/aromatic N) is 1. The maximum atomic E-state index is 12.3. The number of rotatable bonds is 2. The van der Waals surface area contributed by atoms with Crippen molar-refractivity contribution in [1.29, 1.82) is 0 Å². The van der Waals surface area contributed by atoms with Crippen LogP contribution in [0.3, 0.4) is 0 Å². The fourth-order valence-corrected chi connectivity index (χ4v) is 1.75. The topological polar surface area (TPSA) is 20.3 Å². The Bertz CT molecular complexity index is 379. The van der Waals surface area contributed by atoms with Crippen LogP contribution in [-0.2, 0) is 11.0 Å². The number of carbonyl (C=O) groups excluding carboxylic acids is 1. The van der Waals surface area contributed by atoms with Crippen molar-refractivity contribution >= 4 is 6.41 Å².